The Bertz CT molecular complexity index is 1690. The van der Waals surface area contributed by atoms with Gasteiger partial charge >= 0.3 is 5.97 Å². The molecule has 13 heteroatoms. The van der Waals surface area contributed by atoms with Gasteiger partial charge in [0, 0.05) is 30.4 Å². The number of esters is 1. The van der Waals surface area contributed by atoms with Crippen LogP contribution in [0.3, 0.4) is 0 Å². The second kappa shape index (κ2) is 12.8. The molecular weight excluding hydrogens is 554 g/mol. The summed E-state index contributed by atoms with van der Waals surface area (Å²) in [5.74, 6) is -0.131. The van der Waals surface area contributed by atoms with E-state index < -0.39 is 22.5 Å². The molecule has 1 atom stereocenters. The van der Waals surface area contributed by atoms with E-state index in [0.29, 0.717) is 35.8 Å². The van der Waals surface area contributed by atoms with E-state index in [1.807, 2.05) is 6.92 Å². The summed E-state index contributed by atoms with van der Waals surface area (Å²) in [6.45, 7) is 4.13. The van der Waals surface area contributed by atoms with E-state index in [-0.39, 0.29) is 45.1 Å². The number of fused-ring (bicyclic) bond motifs is 1. The van der Waals surface area contributed by atoms with Gasteiger partial charge in [-0.1, -0.05) is 30.4 Å². The number of carbonyl (C=O) groups is 1. The standard InChI is InChI=1S/C28H29N3O9S/c1-5-11-39-25-19(7-6-8-21(25)38-4)24-23(27(34)40-13-12-37-3)16(2)29-28-30(24)26(33)22(41-28)15-17-14-18(31(35)36)9-10-20(17)32/h6-10,14-15,24,32H,5,11-13H2,1-4H3/b22-15+/t24-/m0/s1. The molecule has 0 radical (unpaired) electrons. The summed E-state index contributed by atoms with van der Waals surface area (Å²) in [7, 11) is 2.98. The van der Waals surface area contributed by atoms with Crippen molar-refractivity contribution in [3.05, 3.63) is 88.6 Å². The normalized spacial score (nSPS) is 14.8. The molecule has 0 saturated heterocycles. The van der Waals surface area contributed by atoms with E-state index in [1.165, 1.54) is 43.1 Å². The van der Waals surface area contributed by atoms with Crippen molar-refractivity contribution in [2.75, 3.05) is 34.0 Å². The lowest BCUT2D eigenvalue weighted by Crippen LogP contribution is -2.40. The number of aromatic nitrogens is 1. The van der Waals surface area contributed by atoms with Crippen molar-refractivity contribution in [2.45, 2.75) is 26.3 Å². The number of ether oxygens (including phenoxy) is 4. The molecule has 0 aliphatic carbocycles. The van der Waals surface area contributed by atoms with Crippen LogP contribution in [0.4, 0.5) is 5.69 Å². The van der Waals surface area contributed by atoms with Gasteiger partial charge in [0.15, 0.2) is 16.3 Å². The smallest absolute Gasteiger partial charge is 0.338 e. The minimum Gasteiger partial charge on any atom is -0.507 e. The van der Waals surface area contributed by atoms with Gasteiger partial charge in [0.25, 0.3) is 11.2 Å². The third-order valence-electron chi connectivity index (χ3n) is 6.25. The molecule has 12 nitrogen and oxygen atoms in total. The Kier molecular flexibility index (Phi) is 9.20. The average molecular weight is 584 g/mol. The molecule has 0 bridgehead atoms. The Morgan fingerprint density at radius 1 is 1.22 bits per heavy atom. The summed E-state index contributed by atoms with van der Waals surface area (Å²) < 4.78 is 23.6. The Morgan fingerprint density at radius 3 is 2.68 bits per heavy atom. The highest BCUT2D eigenvalue weighted by molar-refractivity contribution is 7.07. The number of nitro benzene ring substituents is 1. The number of benzene rings is 2. The Balaban J connectivity index is 1.98. The summed E-state index contributed by atoms with van der Waals surface area (Å²) in [6.07, 6.45) is 2.06. The lowest BCUT2D eigenvalue weighted by Gasteiger charge is -2.27. The van der Waals surface area contributed by atoms with E-state index in [1.54, 1.807) is 25.1 Å². The number of phenolic OH excluding ortho intramolecular Hbond substituents is 1. The van der Waals surface area contributed by atoms with Gasteiger partial charge in [-0.15, -0.1) is 0 Å². The number of nitrogens with zero attached hydrogens (tertiary/aromatic N) is 3. The summed E-state index contributed by atoms with van der Waals surface area (Å²) >= 11 is 1.02. The third-order valence-corrected chi connectivity index (χ3v) is 7.23. The fourth-order valence-electron chi connectivity index (χ4n) is 4.35. The van der Waals surface area contributed by atoms with Crippen LogP contribution >= 0.6 is 11.3 Å². The summed E-state index contributed by atoms with van der Waals surface area (Å²) in [4.78, 5) is 42.9. The van der Waals surface area contributed by atoms with Gasteiger partial charge in [0.1, 0.15) is 18.4 Å². The SMILES string of the molecule is CCCOc1c(OC)cccc1[C@H]1C(C(=O)OCCOC)=C(C)N=c2s/c(=C/c3cc([N+](=O)[O-])ccc3O)c(=O)n21. The van der Waals surface area contributed by atoms with Crippen molar-refractivity contribution in [3.8, 4) is 17.2 Å². The Labute approximate surface area is 238 Å². The van der Waals surface area contributed by atoms with Crippen molar-refractivity contribution < 1.29 is 33.8 Å². The molecule has 0 saturated carbocycles. The quantitative estimate of drug-likeness (QED) is 0.155. The van der Waals surface area contributed by atoms with Gasteiger partial charge in [-0.05, 0) is 31.6 Å². The van der Waals surface area contributed by atoms with E-state index in [0.717, 1.165) is 11.3 Å². The maximum atomic E-state index is 13.9. The number of para-hydroxylation sites is 1. The van der Waals surface area contributed by atoms with Crippen LogP contribution in [0.1, 0.15) is 37.4 Å². The molecule has 1 aliphatic rings. The molecule has 0 fully saturated rings. The molecule has 0 unspecified atom stereocenters. The van der Waals surface area contributed by atoms with Crippen molar-refractivity contribution in [1.82, 2.24) is 4.57 Å². The zero-order valence-corrected chi connectivity index (χ0v) is 23.7. The highest BCUT2D eigenvalue weighted by Crippen LogP contribution is 2.41. The lowest BCUT2D eigenvalue weighted by atomic mass is 9.94. The Hall–Kier alpha value is -4.49. The van der Waals surface area contributed by atoms with Crippen LogP contribution in [0.5, 0.6) is 17.2 Å². The highest BCUT2D eigenvalue weighted by atomic mass is 32.1. The first-order valence-corrected chi connectivity index (χ1v) is 13.5. The van der Waals surface area contributed by atoms with Gasteiger partial charge in [-0.3, -0.25) is 19.5 Å². The molecule has 2 aromatic carbocycles. The molecule has 41 heavy (non-hydrogen) atoms. The van der Waals surface area contributed by atoms with Crippen molar-refractivity contribution in [1.29, 1.82) is 0 Å². The van der Waals surface area contributed by atoms with E-state index >= 15 is 0 Å². The minimum absolute atomic E-state index is 0.00732. The van der Waals surface area contributed by atoms with Crippen LogP contribution in [-0.4, -0.2) is 54.6 Å². The van der Waals surface area contributed by atoms with Crippen LogP contribution in [0, 0.1) is 10.1 Å². The molecule has 216 valence electrons. The van der Waals surface area contributed by atoms with Crippen LogP contribution in [0.25, 0.3) is 6.08 Å². The van der Waals surface area contributed by atoms with Crippen LogP contribution in [0.2, 0.25) is 0 Å². The monoisotopic (exact) mass is 583 g/mol. The zero-order valence-electron chi connectivity index (χ0n) is 22.9. The molecule has 4 rings (SSSR count). The van der Waals surface area contributed by atoms with E-state index in [9.17, 15) is 24.8 Å². The minimum atomic E-state index is -0.996. The zero-order chi connectivity index (χ0) is 29.7. The fourth-order valence-corrected chi connectivity index (χ4v) is 5.39. The van der Waals surface area contributed by atoms with Gasteiger partial charge in [-0.25, -0.2) is 9.79 Å². The maximum absolute atomic E-state index is 13.9. The number of nitro groups is 1. The van der Waals surface area contributed by atoms with Crippen molar-refractivity contribution >= 4 is 29.1 Å². The molecule has 1 N–H and O–H groups in total. The molecule has 2 heterocycles. The highest BCUT2D eigenvalue weighted by Gasteiger charge is 2.36. The largest absolute Gasteiger partial charge is 0.507 e. The Morgan fingerprint density at radius 2 is 2.00 bits per heavy atom. The topological polar surface area (TPSA) is 152 Å². The van der Waals surface area contributed by atoms with Crippen molar-refractivity contribution in [2.24, 2.45) is 4.99 Å². The second-order valence-electron chi connectivity index (χ2n) is 8.94. The summed E-state index contributed by atoms with van der Waals surface area (Å²) in [6, 6.07) is 7.72. The van der Waals surface area contributed by atoms with Gasteiger partial charge in [-0.2, -0.15) is 0 Å². The fraction of sp³-hybridized carbons (Fsp3) is 0.321. The third kappa shape index (κ3) is 6.00. The average Bonchev–Trinajstić information content (AvgIpc) is 3.25. The number of non-ortho nitro benzene ring substituents is 1. The van der Waals surface area contributed by atoms with Gasteiger partial charge < -0.3 is 24.1 Å². The molecule has 0 spiro atoms. The van der Waals surface area contributed by atoms with E-state index in [2.05, 4.69) is 4.99 Å². The first kappa shape index (κ1) is 29.5. The number of allylic oxidation sites excluding steroid dienone is 1. The predicted molar refractivity (Wildman–Crippen MR) is 150 cm³/mol. The maximum Gasteiger partial charge on any atom is 0.338 e. The van der Waals surface area contributed by atoms with E-state index in [4.69, 9.17) is 18.9 Å². The number of aromatic hydroxyl groups is 1. The number of hydrogen-bond acceptors (Lipinski definition) is 11. The number of methoxy groups -OCH3 is 2. The molecular formula is C28H29N3O9S. The number of hydrogen-bond donors (Lipinski definition) is 1. The summed E-state index contributed by atoms with van der Waals surface area (Å²) in [5, 5.41) is 21.6. The first-order chi connectivity index (χ1) is 19.7. The number of carbonyl (C=O) groups excluding carboxylic acids is 1. The number of rotatable bonds is 11. The molecule has 3 aromatic rings. The molecule has 1 aliphatic heterocycles. The number of phenols is 1. The first-order valence-electron chi connectivity index (χ1n) is 12.7. The molecule has 0 amide bonds. The lowest BCUT2D eigenvalue weighted by molar-refractivity contribution is -0.384. The molecule has 1 aromatic heterocycles. The van der Waals surface area contributed by atoms with Gasteiger partial charge in [0.05, 0.1) is 41.0 Å². The summed E-state index contributed by atoms with van der Waals surface area (Å²) in [5.41, 5.74) is 0.274. The van der Waals surface area contributed by atoms with Crippen LogP contribution in [0.15, 0.2) is 57.5 Å². The van der Waals surface area contributed by atoms with Crippen LogP contribution in [-0.2, 0) is 14.3 Å². The van der Waals surface area contributed by atoms with Gasteiger partial charge in [0.2, 0.25) is 0 Å². The second-order valence-corrected chi connectivity index (χ2v) is 9.95. The predicted octanol–water partition coefficient (Wildman–Crippen LogP) is 2.84. The van der Waals surface area contributed by atoms with Crippen molar-refractivity contribution in [3.63, 3.8) is 0 Å². The number of thiazole rings is 1. The van der Waals surface area contributed by atoms with Crippen LogP contribution < -0.4 is 24.4 Å².